The first-order chi connectivity index (χ1) is 9.88. The lowest BCUT2D eigenvalue weighted by Crippen LogP contribution is -2.46. The first kappa shape index (κ1) is 16.5. The van der Waals surface area contributed by atoms with Crippen LogP contribution in [-0.4, -0.2) is 54.0 Å². The van der Waals surface area contributed by atoms with E-state index in [1.54, 1.807) is 4.90 Å². The van der Waals surface area contributed by atoms with Crippen LogP contribution in [0.2, 0.25) is 0 Å². The highest BCUT2D eigenvalue weighted by molar-refractivity contribution is 5.78. The van der Waals surface area contributed by atoms with Gasteiger partial charge in [0.25, 0.3) is 0 Å². The molecule has 3 atom stereocenters. The predicted molar refractivity (Wildman–Crippen MR) is 69.6 cm³/mol. The van der Waals surface area contributed by atoms with Crippen LogP contribution in [0.3, 0.4) is 0 Å². The third kappa shape index (κ3) is 4.57. The summed E-state index contributed by atoms with van der Waals surface area (Å²) >= 11 is 0. The molecule has 1 saturated heterocycles. The molecule has 2 aliphatic rings. The second kappa shape index (κ2) is 6.96. The molecule has 2 fully saturated rings. The van der Waals surface area contributed by atoms with E-state index >= 15 is 0 Å². The van der Waals surface area contributed by atoms with Crippen molar-refractivity contribution >= 4 is 5.91 Å². The van der Waals surface area contributed by atoms with Crippen LogP contribution in [0.15, 0.2) is 0 Å². The summed E-state index contributed by atoms with van der Waals surface area (Å²) in [5, 5.41) is 10.1. The SMILES string of the molecule is O=C(COCC(F)(F)F)N1CCC[C@@H]1[C@H]1CCCC[C@H]1O. The predicted octanol–water partition coefficient (Wildman–Crippen LogP) is 2.11. The van der Waals surface area contributed by atoms with Crippen LogP contribution in [0, 0.1) is 5.92 Å². The summed E-state index contributed by atoms with van der Waals surface area (Å²) in [5.74, 6) is -0.354. The number of likely N-dealkylation sites (tertiary alicyclic amines) is 1. The average molecular weight is 309 g/mol. The van der Waals surface area contributed by atoms with E-state index in [2.05, 4.69) is 4.74 Å². The average Bonchev–Trinajstić information content (AvgIpc) is 2.86. The van der Waals surface area contributed by atoms with E-state index in [1.165, 1.54) is 0 Å². The summed E-state index contributed by atoms with van der Waals surface area (Å²) in [6, 6.07) is -0.0534. The third-order valence-corrected chi connectivity index (χ3v) is 4.39. The normalized spacial score (nSPS) is 30.7. The Kier molecular flexibility index (Phi) is 5.48. The highest BCUT2D eigenvalue weighted by atomic mass is 19.4. The number of alkyl halides is 3. The molecule has 1 heterocycles. The number of carbonyl (C=O) groups excluding carboxylic acids is 1. The topological polar surface area (TPSA) is 49.8 Å². The van der Waals surface area contributed by atoms with Crippen molar-refractivity contribution < 1.29 is 27.8 Å². The zero-order chi connectivity index (χ0) is 15.5. The zero-order valence-corrected chi connectivity index (χ0v) is 11.9. The molecular weight excluding hydrogens is 287 g/mol. The van der Waals surface area contributed by atoms with E-state index in [0.717, 1.165) is 38.5 Å². The van der Waals surface area contributed by atoms with Gasteiger partial charge < -0.3 is 14.7 Å². The molecule has 0 radical (unpaired) electrons. The maximum absolute atomic E-state index is 12.0. The van der Waals surface area contributed by atoms with Crippen molar-refractivity contribution in [3.05, 3.63) is 0 Å². The Morgan fingerprint density at radius 1 is 1.19 bits per heavy atom. The van der Waals surface area contributed by atoms with E-state index in [4.69, 9.17) is 0 Å². The van der Waals surface area contributed by atoms with Crippen LogP contribution in [-0.2, 0) is 9.53 Å². The number of rotatable bonds is 4. The molecule has 1 amide bonds. The number of halogens is 3. The number of nitrogens with zero attached hydrogens (tertiary/aromatic N) is 1. The van der Waals surface area contributed by atoms with Crippen molar-refractivity contribution in [3.8, 4) is 0 Å². The molecule has 122 valence electrons. The molecule has 7 heteroatoms. The van der Waals surface area contributed by atoms with Gasteiger partial charge in [0.2, 0.25) is 5.91 Å². The highest BCUT2D eigenvalue weighted by Gasteiger charge is 2.39. The lowest BCUT2D eigenvalue weighted by atomic mass is 9.80. The molecule has 0 aromatic carbocycles. The fourth-order valence-electron chi connectivity index (χ4n) is 3.47. The van der Waals surface area contributed by atoms with Crippen molar-refractivity contribution in [1.82, 2.24) is 4.90 Å². The van der Waals surface area contributed by atoms with E-state index < -0.39 is 31.4 Å². The van der Waals surface area contributed by atoms with Gasteiger partial charge in [-0.2, -0.15) is 13.2 Å². The van der Waals surface area contributed by atoms with Gasteiger partial charge in [-0.1, -0.05) is 12.8 Å². The van der Waals surface area contributed by atoms with Gasteiger partial charge in [0.05, 0.1) is 6.10 Å². The van der Waals surface area contributed by atoms with Gasteiger partial charge in [0.1, 0.15) is 13.2 Å². The van der Waals surface area contributed by atoms with Gasteiger partial charge in [0.15, 0.2) is 0 Å². The van der Waals surface area contributed by atoms with Gasteiger partial charge in [-0.3, -0.25) is 4.79 Å². The molecule has 0 unspecified atom stereocenters. The fourth-order valence-corrected chi connectivity index (χ4v) is 3.47. The van der Waals surface area contributed by atoms with E-state index in [-0.39, 0.29) is 12.0 Å². The summed E-state index contributed by atoms with van der Waals surface area (Å²) in [6.45, 7) is -1.40. The number of carbonyl (C=O) groups is 1. The smallest absolute Gasteiger partial charge is 0.393 e. The Balaban J connectivity index is 1.87. The summed E-state index contributed by atoms with van der Waals surface area (Å²) in [6.07, 6.45) is 0.467. The number of aliphatic hydroxyl groups is 1. The third-order valence-electron chi connectivity index (χ3n) is 4.39. The lowest BCUT2D eigenvalue weighted by molar-refractivity contribution is -0.178. The Bertz CT molecular complexity index is 362. The lowest BCUT2D eigenvalue weighted by Gasteiger charge is -2.37. The number of amides is 1. The van der Waals surface area contributed by atoms with Crippen LogP contribution >= 0.6 is 0 Å². The maximum Gasteiger partial charge on any atom is 0.411 e. The van der Waals surface area contributed by atoms with E-state index in [9.17, 15) is 23.1 Å². The Morgan fingerprint density at radius 2 is 1.90 bits per heavy atom. The van der Waals surface area contributed by atoms with Crippen LogP contribution in [0.5, 0.6) is 0 Å². The van der Waals surface area contributed by atoms with Gasteiger partial charge in [-0.05, 0) is 25.7 Å². The number of aliphatic hydroxyl groups excluding tert-OH is 1. The fraction of sp³-hybridized carbons (Fsp3) is 0.929. The largest absolute Gasteiger partial charge is 0.411 e. The van der Waals surface area contributed by atoms with Crippen LogP contribution in [0.25, 0.3) is 0 Å². The van der Waals surface area contributed by atoms with Crippen molar-refractivity contribution in [3.63, 3.8) is 0 Å². The summed E-state index contributed by atoms with van der Waals surface area (Å²) in [4.78, 5) is 13.6. The number of hydrogen-bond acceptors (Lipinski definition) is 3. The molecule has 4 nitrogen and oxygen atoms in total. The molecule has 21 heavy (non-hydrogen) atoms. The maximum atomic E-state index is 12.0. The molecule has 0 aromatic heterocycles. The minimum Gasteiger partial charge on any atom is -0.393 e. The summed E-state index contributed by atoms with van der Waals surface area (Å²) < 4.78 is 40.5. The minimum atomic E-state index is -4.41. The molecule has 1 aliphatic carbocycles. The monoisotopic (exact) mass is 309 g/mol. The van der Waals surface area contributed by atoms with Crippen molar-refractivity contribution in [1.29, 1.82) is 0 Å². The van der Waals surface area contributed by atoms with Crippen LogP contribution in [0.4, 0.5) is 13.2 Å². The summed E-state index contributed by atoms with van der Waals surface area (Å²) in [5.41, 5.74) is 0. The Hall–Kier alpha value is -0.820. The molecule has 0 spiro atoms. The van der Waals surface area contributed by atoms with Crippen LogP contribution in [0.1, 0.15) is 38.5 Å². The Morgan fingerprint density at radius 3 is 2.57 bits per heavy atom. The van der Waals surface area contributed by atoms with E-state index in [1.807, 2.05) is 0 Å². The van der Waals surface area contributed by atoms with Crippen LogP contribution < -0.4 is 0 Å². The van der Waals surface area contributed by atoms with Crippen molar-refractivity contribution in [2.45, 2.75) is 56.8 Å². The molecule has 0 bridgehead atoms. The number of ether oxygens (including phenoxy) is 1. The zero-order valence-electron chi connectivity index (χ0n) is 11.9. The van der Waals surface area contributed by atoms with Gasteiger partial charge >= 0.3 is 6.18 Å². The molecule has 1 saturated carbocycles. The van der Waals surface area contributed by atoms with E-state index in [0.29, 0.717) is 6.54 Å². The molecule has 0 aromatic rings. The molecule has 1 N–H and O–H groups in total. The standard InChI is InChI=1S/C14H22F3NO3/c15-14(16,17)9-21-8-13(20)18-7-3-5-11(18)10-4-1-2-6-12(10)19/h10-12,19H,1-9H2/t10-,11-,12-/m1/s1. The molecule has 1 aliphatic heterocycles. The first-order valence-corrected chi connectivity index (χ1v) is 7.50. The number of hydrogen-bond donors (Lipinski definition) is 1. The minimum absolute atomic E-state index is 0.0489. The Labute approximate surface area is 122 Å². The molecular formula is C14H22F3NO3. The first-order valence-electron chi connectivity index (χ1n) is 7.50. The van der Waals surface area contributed by atoms with Gasteiger partial charge in [0, 0.05) is 18.5 Å². The second-order valence-electron chi connectivity index (χ2n) is 5.92. The van der Waals surface area contributed by atoms with Gasteiger partial charge in [-0.15, -0.1) is 0 Å². The highest BCUT2D eigenvalue weighted by Crippen LogP contribution is 2.34. The quantitative estimate of drug-likeness (QED) is 0.865. The van der Waals surface area contributed by atoms with Gasteiger partial charge in [-0.25, -0.2) is 0 Å². The molecule has 2 rings (SSSR count). The van der Waals surface area contributed by atoms with Crippen molar-refractivity contribution in [2.75, 3.05) is 19.8 Å². The summed E-state index contributed by atoms with van der Waals surface area (Å²) in [7, 11) is 0. The second-order valence-corrected chi connectivity index (χ2v) is 5.92. The van der Waals surface area contributed by atoms with Crippen molar-refractivity contribution in [2.24, 2.45) is 5.92 Å².